The van der Waals surface area contributed by atoms with E-state index in [1.54, 1.807) is 20.8 Å². The van der Waals surface area contributed by atoms with Crippen LogP contribution < -0.4 is 5.32 Å². The predicted molar refractivity (Wildman–Crippen MR) is 82.6 cm³/mol. The molecule has 0 aliphatic heterocycles. The zero-order valence-electron chi connectivity index (χ0n) is 14.0. The summed E-state index contributed by atoms with van der Waals surface area (Å²) in [5, 5.41) is 11.6. The molecule has 23 heavy (non-hydrogen) atoms. The van der Waals surface area contributed by atoms with Crippen LogP contribution in [-0.4, -0.2) is 36.0 Å². The molecule has 1 atom stereocenters. The third-order valence-corrected chi connectivity index (χ3v) is 4.02. The zero-order valence-corrected chi connectivity index (χ0v) is 14.0. The Hall–Kier alpha value is -1.79. The van der Waals surface area contributed by atoms with Crippen molar-refractivity contribution in [3.05, 3.63) is 0 Å². The number of carboxylic acid groups (broad SMARTS) is 1. The Morgan fingerprint density at radius 2 is 1.74 bits per heavy atom. The van der Waals surface area contributed by atoms with Crippen LogP contribution in [0.5, 0.6) is 0 Å². The number of carbonyl (C=O) groups is 3. The normalized spacial score (nSPS) is 22.3. The Labute approximate surface area is 136 Å². The molecule has 7 heteroatoms. The maximum atomic E-state index is 11.8. The van der Waals surface area contributed by atoms with Gasteiger partial charge in [-0.25, -0.2) is 4.79 Å². The van der Waals surface area contributed by atoms with Crippen molar-refractivity contribution in [2.24, 2.45) is 17.8 Å². The van der Waals surface area contributed by atoms with Gasteiger partial charge in [0.1, 0.15) is 0 Å². The fraction of sp³-hybridized carbons (Fsp3) is 0.812. The molecule has 1 unspecified atom stereocenters. The second-order valence-electron chi connectivity index (χ2n) is 6.27. The van der Waals surface area contributed by atoms with Gasteiger partial charge >= 0.3 is 18.0 Å². The summed E-state index contributed by atoms with van der Waals surface area (Å²) in [4.78, 5) is 34.1. The Kier molecular flexibility index (Phi) is 7.85. The van der Waals surface area contributed by atoms with Crippen LogP contribution in [-0.2, 0) is 19.1 Å². The van der Waals surface area contributed by atoms with E-state index in [0.29, 0.717) is 25.8 Å². The van der Waals surface area contributed by atoms with E-state index in [0.717, 1.165) is 12.8 Å². The number of carboxylic acids is 1. The Morgan fingerprint density at radius 3 is 2.22 bits per heavy atom. The molecule has 1 aliphatic rings. The minimum Gasteiger partial charge on any atom is -0.481 e. The van der Waals surface area contributed by atoms with Gasteiger partial charge in [-0.1, -0.05) is 20.8 Å². The van der Waals surface area contributed by atoms with Crippen molar-refractivity contribution in [2.75, 3.05) is 6.54 Å². The Morgan fingerprint density at radius 1 is 1.13 bits per heavy atom. The molecule has 1 rings (SSSR count). The first-order valence-corrected chi connectivity index (χ1v) is 8.21. The van der Waals surface area contributed by atoms with Gasteiger partial charge in [-0.3, -0.25) is 9.59 Å². The lowest BCUT2D eigenvalue weighted by atomic mass is 9.82. The van der Waals surface area contributed by atoms with Gasteiger partial charge in [0, 0.05) is 13.0 Å². The Balaban J connectivity index is 2.28. The van der Waals surface area contributed by atoms with E-state index in [-0.39, 0.29) is 17.8 Å². The number of hydrogen-bond donors (Lipinski definition) is 2. The second kappa shape index (κ2) is 9.37. The number of carbonyl (C=O) groups excluding carboxylic acids is 2. The van der Waals surface area contributed by atoms with Gasteiger partial charge in [0.2, 0.25) is 6.29 Å². The molecule has 1 fully saturated rings. The average molecular weight is 329 g/mol. The molecule has 0 heterocycles. The summed E-state index contributed by atoms with van der Waals surface area (Å²) in [7, 11) is 0. The number of amides is 1. The van der Waals surface area contributed by atoms with E-state index in [1.807, 2.05) is 0 Å². The summed E-state index contributed by atoms with van der Waals surface area (Å²) in [6.45, 7) is 5.63. The van der Waals surface area contributed by atoms with Crippen LogP contribution in [0.4, 0.5) is 4.79 Å². The largest absolute Gasteiger partial charge is 0.481 e. The van der Waals surface area contributed by atoms with Crippen molar-refractivity contribution >= 4 is 18.0 Å². The van der Waals surface area contributed by atoms with Gasteiger partial charge in [0.15, 0.2) is 0 Å². The third-order valence-electron chi connectivity index (χ3n) is 4.02. The van der Waals surface area contributed by atoms with Gasteiger partial charge in [0.05, 0.1) is 11.8 Å². The smallest absolute Gasteiger partial charge is 0.410 e. The lowest BCUT2D eigenvalue weighted by molar-refractivity contribution is -0.172. The fourth-order valence-corrected chi connectivity index (χ4v) is 2.46. The van der Waals surface area contributed by atoms with Crippen LogP contribution in [0.25, 0.3) is 0 Å². The molecule has 7 nitrogen and oxygen atoms in total. The summed E-state index contributed by atoms with van der Waals surface area (Å²) in [5.74, 6) is -1.43. The van der Waals surface area contributed by atoms with Crippen molar-refractivity contribution in [3.8, 4) is 0 Å². The fourth-order valence-electron chi connectivity index (χ4n) is 2.46. The number of nitrogens with one attached hydrogen (secondary N) is 1. The molecule has 2 N–H and O–H groups in total. The minimum absolute atomic E-state index is 0.261. The van der Waals surface area contributed by atoms with Crippen LogP contribution in [0.15, 0.2) is 0 Å². The van der Waals surface area contributed by atoms with Crippen LogP contribution in [0.3, 0.4) is 0 Å². The number of aliphatic carboxylic acids is 1. The van der Waals surface area contributed by atoms with Crippen molar-refractivity contribution < 1.29 is 29.0 Å². The molecule has 1 saturated carbocycles. The van der Waals surface area contributed by atoms with Gasteiger partial charge in [0.25, 0.3) is 0 Å². The van der Waals surface area contributed by atoms with Gasteiger partial charge < -0.3 is 19.9 Å². The molecule has 132 valence electrons. The molecule has 0 spiro atoms. The van der Waals surface area contributed by atoms with E-state index >= 15 is 0 Å². The Bertz CT molecular complexity index is 415. The monoisotopic (exact) mass is 329 g/mol. The zero-order chi connectivity index (χ0) is 17.4. The van der Waals surface area contributed by atoms with Crippen molar-refractivity contribution in [1.29, 1.82) is 0 Å². The lowest BCUT2D eigenvalue weighted by Crippen LogP contribution is -2.36. The molecule has 0 bridgehead atoms. The number of esters is 1. The number of alkyl carbamates (subject to hydrolysis) is 1. The van der Waals surface area contributed by atoms with E-state index < -0.39 is 24.3 Å². The molecule has 0 saturated heterocycles. The average Bonchev–Trinajstić information content (AvgIpc) is 2.52. The maximum absolute atomic E-state index is 11.8. The molecule has 0 aromatic rings. The van der Waals surface area contributed by atoms with Crippen LogP contribution in [0, 0.1) is 17.8 Å². The molecular weight excluding hydrogens is 302 g/mol. The molecular formula is C16H27NO6. The molecule has 1 amide bonds. The van der Waals surface area contributed by atoms with Crippen molar-refractivity contribution in [1.82, 2.24) is 5.32 Å². The predicted octanol–water partition coefficient (Wildman–Crippen LogP) is 2.54. The molecule has 0 radical (unpaired) electrons. The summed E-state index contributed by atoms with van der Waals surface area (Å²) >= 11 is 0. The summed E-state index contributed by atoms with van der Waals surface area (Å²) in [6, 6.07) is 0. The van der Waals surface area contributed by atoms with E-state index in [1.165, 1.54) is 0 Å². The van der Waals surface area contributed by atoms with Crippen LogP contribution >= 0.6 is 0 Å². The van der Waals surface area contributed by atoms with Crippen molar-refractivity contribution in [2.45, 2.75) is 59.2 Å². The third kappa shape index (κ3) is 6.88. The highest BCUT2D eigenvalue weighted by Gasteiger charge is 2.26. The molecule has 0 aromatic carbocycles. The van der Waals surface area contributed by atoms with E-state index in [2.05, 4.69) is 5.32 Å². The SMILES string of the molecule is CCC(OC(=O)NCC1CCC(C(=O)O)CC1)OC(=O)C(C)C. The minimum atomic E-state index is -0.882. The lowest BCUT2D eigenvalue weighted by Gasteiger charge is -2.26. The first-order valence-electron chi connectivity index (χ1n) is 8.21. The highest BCUT2D eigenvalue weighted by Crippen LogP contribution is 2.28. The highest BCUT2D eigenvalue weighted by atomic mass is 16.7. The topological polar surface area (TPSA) is 102 Å². The van der Waals surface area contributed by atoms with Crippen LogP contribution in [0.2, 0.25) is 0 Å². The van der Waals surface area contributed by atoms with Crippen LogP contribution in [0.1, 0.15) is 52.9 Å². The first kappa shape index (κ1) is 19.3. The van der Waals surface area contributed by atoms with Gasteiger partial charge in [-0.05, 0) is 31.6 Å². The van der Waals surface area contributed by atoms with Crippen molar-refractivity contribution in [3.63, 3.8) is 0 Å². The standard InChI is InChI=1S/C16H27NO6/c1-4-13(22-15(20)10(2)3)23-16(21)17-9-11-5-7-12(8-6-11)14(18)19/h10-13H,4-9H2,1-3H3,(H,17,21)(H,18,19). The molecule has 0 aromatic heterocycles. The first-order chi connectivity index (χ1) is 10.8. The van der Waals surface area contributed by atoms with Gasteiger partial charge in [-0.15, -0.1) is 0 Å². The number of rotatable bonds is 7. The maximum Gasteiger partial charge on any atom is 0.410 e. The van der Waals surface area contributed by atoms with Gasteiger partial charge in [-0.2, -0.15) is 0 Å². The molecule has 1 aliphatic carbocycles. The summed E-state index contributed by atoms with van der Waals surface area (Å²) < 4.78 is 10.2. The number of hydrogen-bond acceptors (Lipinski definition) is 5. The second-order valence-corrected chi connectivity index (χ2v) is 6.27. The summed E-state index contributed by atoms with van der Waals surface area (Å²) in [6.07, 6.45) is 1.71. The highest BCUT2D eigenvalue weighted by molar-refractivity contribution is 5.72. The van der Waals surface area contributed by atoms with E-state index in [9.17, 15) is 14.4 Å². The quantitative estimate of drug-likeness (QED) is 0.550. The summed E-state index contributed by atoms with van der Waals surface area (Å²) in [5.41, 5.74) is 0. The van der Waals surface area contributed by atoms with E-state index in [4.69, 9.17) is 14.6 Å². The number of ether oxygens (including phenoxy) is 2.